The minimum Gasteiger partial charge on any atom is -0.707 e. The van der Waals surface area contributed by atoms with Crippen molar-refractivity contribution in [1.82, 2.24) is 4.81 Å². The van der Waals surface area contributed by atoms with E-state index in [-0.39, 0.29) is 12.5 Å². The maximum Gasteiger partial charge on any atom is 0.676 e. The van der Waals surface area contributed by atoms with Gasteiger partial charge in [-0.15, -0.1) is 0 Å². The van der Waals surface area contributed by atoms with Crippen LogP contribution in [-0.4, -0.2) is 28.5 Å². The maximum absolute atomic E-state index is 13.9. The molecule has 1 heterocycles. The van der Waals surface area contributed by atoms with E-state index in [2.05, 4.69) is 4.65 Å². The topological polar surface area (TPSA) is 33.1 Å². The Morgan fingerprint density at radius 3 is 2.58 bits per heavy atom. The summed E-state index contributed by atoms with van der Waals surface area (Å²) in [6, 6.07) is 8.19. The Labute approximate surface area is 111 Å². The summed E-state index contributed by atoms with van der Waals surface area (Å²) >= 11 is 0. The molecule has 2 rings (SSSR count). The molecule has 0 aliphatic carbocycles. The van der Waals surface area contributed by atoms with Crippen molar-refractivity contribution in [3.63, 3.8) is 0 Å². The van der Waals surface area contributed by atoms with E-state index < -0.39 is 19.0 Å². The highest BCUT2D eigenvalue weighted by molar-refractivity contribution is 6.59. The lowest BCUT2D eigenvalue weighted by atomic mass is 9.92. The average Bonchev–Trinajstić information content (AvgIpc) is 2.59. The molecule has 0 spiro atoms. The lowest BCUT2D eigenvalue weighted by Gasteiger charge is -2.31. The average molecular weight is 269 g/mol. The van der Waals surface area contributed by atoms with Crippen LogP contribution in [0.2, 0.25) is 0 Å². The second-order valence-corrected chi connectivity index (χ2v) is 5.04. The van der Waals surface area contributed by atoms with Gasteiger partial charge in [-0.2, -0.15) is 0 Å². The van der Waals surface area contributed by atoms with Gasteiger partial charge in [0, 0.05) is 4.79 Å². The number of carbonyl (C=O) groups is 1. The van der Waals surface area contributed by atoms with Crippen LogP contribution in [0.15, 0.2) is 30.3 Å². The van der Waals surface area contributed by atoms with E-state index >= 15 is 0 Å². The quantitative estimate of drug-likeness (QED) is 0.621. The molecule has 0 amide bonds. The normalized spacial score (nSPS) is 24.2. The van der Waals surface area contributed by atoms with Gasteiger partial charge in [0.15, 0.2) is 0 Å². The van der Waals surface area contributed by atoms with Gasteiger partial charge in [0.1, 0.15) is 6.04 Å². The first-order valence-corrected chi connectivity index (χ1v) is 6.53. The second-order valence-electron chi connectivity index (χ2n) is 5.04. The smallest absolute Gasteiger partial charge is 0.676 e. The molecule has 19 heavy (non-hydrogen) atoms. The van der Waals surface area contributed by atoms with Gasteiger partial charge in [-0.1, -0.05) is 50.6 Å². The van der Waals surface area contributed by atoms with Gasteiger partial charge in [0.05, 0.1) is 0 Å². The largest absolute Gasteiger partial charge is 0.707 e. The first-order valence-electron chi connectivity index (χ1n) is 6.53. The summed E-state index contributed by atoms with van der Waals surface area (Å²) < 4.78 is 30.9. The molecule has 1 N–H and O–H groups in total. The fraction of sp³-hybridized carbons (Fsp3) is 0.462. The Kier molecular flexibility index (Phi) is 3.89. The van der Waals surface area contributed by atoms with Crippen molar-refractivity contribution in [1.29, 1.82) is 0 Å². The van der Waals surface area contributed by atoms with E-state index in [9.17, 15) is 13.4 Å². The van der Waals surface area contributed by atoms with Crippen molar-refractivity contribution in [2.75, 3.05) is 0 Å². The molecule has 6 heteroatoms. The maximum atomic E-state index is 13.9. The van der Waals surface area contributed by atoms with Crippen molar-refractivity contribution in [2.45, 2.75) is 32.9 Å². The minimum absolute atomic E-state index is 0.0537. The number of aliphatic carboxylic acids is 1. The SMILES string of the molecule is CCC(C)C1C(=O)[OH+][B-](F)(F)N1Cc1ccccc1. The molecule has 2 unspecified atom stereocenters. The molecule has 0 radical (unpaired) electrons. The van der Waals surface area contributed by atoms with Crippen LogP contribution in [0.25, 0.3) is 0 Å². The summed E-state index contributed by atoms with van der Waals surface area (Å²) in [7, 11) is -4.10. The summed E-state index contributed by atoms with van der Waals surface area (Å²) in [5.41, 5.74) is 0.766. The highest BCUT2D eigenvalue weighted by atomic mass is 19.3. The van der Waals surface area contributed by atoms with Gasteiger partial charge in [-0.05, 0) is 18.0 Å². The molecular formula is C13H18BF2NO2. The van der Waals surface area contributed by atoms with Crippen molar-refractivity contribution < 1.29 is 18.1 Å². The monoisotopic (exact) mass is 269 g/mol. The molecule has 2 atom stereocenters. The van der Waals surface area contributed by atoms with Gasteiger partial charge in [-0.25, -0.2) is 0 Å². The molecule has 1 aliphatic rings. The molecule has 1 aromatic carbocycles. The molecule has 104 valence electrons. The van der Waals surface area contributed by atoms with Crippen LogP contribution in [0, 0.1) is 5.92 Å². The van der Waals surface area contributed by atoms with Crippen LogP contribution in [0.1, 0.15) is 25.8 Å². The van der Waals surface area contributed by atoms with Crippen LogP contribution in [0.3, 0.4) is 0 Å². The standard InChI is InChI=1S/C13H18BF2NO2/c1-3-10(2)12-13(18)19-14(15,16)17(12)9-11-7-5-4-6-8-11/h4-8,10,12,19H,3,9H2,1-2H3. The molecule has 0 saturated carbocycles. The summed E-state index contributed by atoms with van der Waals surface area (Å²) in [5, 5.41) is 0. The number of hydrogen-bond acceptors (Lipinski definition) is 2. The van der Waals surface area contributed by atoms with E-state index in [4.69, 9.17) is 0 Å². The van der Waals surface area contributed by atoms with Crippen LogP contribution in [0.4, 0.5) is 8.63 Å². The van der Waals surface area contributed by atoms with E-state index in [0.717, 1.165) is 10.4 Å². The summed E-state index contributed by atoms with van der Waals surface area (Å²) in [6.45, 7) is 3.76. The van der Waals surface area contributed by atoms with Gasteiger partial charge in [0.25, 0.3) is 0 Å². The zero-order valence-corrected chi connectivity index (χ0v) is 11.1. The van der Waals surface area contributed by atoms with Gasteiger partial charge in [0.2, 0.25) is 0 Å². The fourth-order valence-corrected chi connectivity index (χ4v) is 2.43. The summed E-state index contributed by atoms with van der Waals surface area (Å²) in [4.78, 5) is 12.7. The van der Waals surface area contributed by atoms with Crippen LogP contribution in [0.5, 0.6) is 0 Å². The molecule has 1 saturated heterocycles. The third-order valence-corrected chi connectivity index (χ3v) is 3.68. The van der Waals surface area contributed by atoms with Crippen molar-refractivity contribution in [3.05, 3.63) is 35.9 Å². The lowest BCUT2D eigenvalue weighted by Crippen LogP contribution is -2.49. The first kappa shape index (κ1) is 14.0. The number of nitrogens with zero attached hydrogens (tertiary/aromatic N) is 1. The number of carboxylic acids is 1. The molecule has 0 bridgehead atoms. The minimum atomic E-state index is -4.10. The van der Waals surface area contributed by atoms with Crippen molar-refractivity contribution in [2.24, 2.45) is 5.92 Å². The molecular weight excluding hydrogens is 251 g/mol. The summed E-state index contributed by atoms with van der Waals surface area (Å²) in [5.74, 6) is -0.814. The fourth-order valence-electron chi connectivity index (χ4n) is 2.43. The lowest BCUT2D eigenvalue weighted by molar-refractivity contribution is -0.148. The molecule has 1 aromatic rings. The Hall–Kier alpha value is -1.43. The Bertz CT molecular complexity index is 455. The van der Waals surface area contributed by atoms with Crippen molar-refractivity contribution >= 4 is 13.0 Å². The number of rotatable bonds is 4. The zero-order chi connectivity index (χ0) is 14.0. The molecule has 1 aliphatic heterocycles. The second kappa shape index (κ2) is 5.29. The van der Waals surface area contributed by atoms with Gasteiger partial charge in [-0.3, -0.25) is 0 Å². The van der Waals surface area contributed by atoms with Crippen LogP contribution < -0.4 is 0 Å². The molecule has 0 aromatic heterocycles. The van der Waals surface area contributed by atoms with E-state index in [1.54, 1.807) is 24.3 Å². The van der Waals surface area contributed by atoms with Crippen molar-refractivity contribution in [3.8, 4) is 0 Å². The van der Waals surface area contributed by atoms with E-state index in [0.29, 0.717) is 6.42 Å². The van der Waals surface area contributed by atoms with Crippen LogP contribution in [-0.2, 0) is 11.3 Å². The zero-order valence-electron chi connectivity index (χ0n) is 11.1. The predicted molar refractivity (Wildman–Crippen MR) is 70.4 cm³/mol. The van der Waals surface area contributed by atoms with Gasteiger partial charge >= 0.3 is 13.0 Å². The van der Waals surface area contributed by atoms with E-state index in [1.165, 1.54) is 0 Å². The Morgan fingerprint density at radius 2 is 2.00 bits per heavy atom. The highest BCUT2D eigenvalue weighted by Crippen LogP contribution is 2.32. The number of hydrogen-bond donors (Lipinski definition) is 0. The van der Waals surface area contributed by atoms with Gasteiger partial charge < -0.3 is 18.1 Å². The summed E-state index contributed by atoms with van der Waals surface area (Å²) in [6.07, 6.45) is 0.670. The molecule has 1 fully saturated rings. The Morgan fingerprint density at radius 1 is 1.37 bits per heavy atom. The third kappa shape index (κ3) is 2.78. The third-order valence-electron chi connectivity index (χ3n) is 3.68. The predicted octanol–water partition coefficient (Wildman–Crippen LogP) is 2.35. The number of benzene rings is 1. The first-order chi connectivity index (χ1) is 8.95. The van der Waals surface area contributed by atoms with E-state index in [1.807, 2.05) is 19.9 Å². The highest BCUT2D eigenvalue weighted by Gasteiger charge is 2.58. The Balaban J connectivity index is 2.25. The molecule has 3 nitrogen and oxygen atoms in total. The van der Waals surface area contributed by atoms with Crippen LogP contribution >= 0.6 is 0 Å². The number of halogens is 2.